The molecule has 0 aromatic heterocycles. The van der Waals surface area contributed by atoms with Crippen molar-refractivity contribution < 1.29 is 56.0 Å². The molecule has 0 saturated heterocycles. The van der Waals surface area contributed by atoms with Gasteiger partial charge in [-0.25, -0.2) is 0 Å². The van der Waals surface area contributed by atoms with Crippen LogP contribution < -0.4 is 10.2 Å². The van der Waals surface area contributed by atoms with Gasteiger partial charge in [0.05, 0.1) is 0 Å². The van der Waals surface area contributed by atoms with Crippen LogP contribution in [0, 0.1) is 0 Å². The van der Waals surface area contributed by atoms with Gasteiger partial charge in [-0.05, 0) is 12.8 Å². The molecule has 0 aromatic carbocycles. The van der Waals surface area contributed by atoms with Gasteiger partial charge in [0.1, 0.15) is 11.6 Å². The minimum atomic E-state index is -1.25. The first kappa shape index (κ1) is 58.2. The number of aliphatic carboxylic acids is 2. The maximum atomic E-state index is 11.2. The number of carbonyl (C=O) groups is 4. The molecule has 0 rings (SSSR count). The van der Waals surface area contributed by atoms with E-state index in [1.54, 1.807) is 0 Å². The van der Waals surface area contributed by atoms with E-state index >= 15 is 0 Å². The molecule has 0 saturated carbocycles. The van der Waals surface area contributed by atoms with Gasteiger partial charge in [0.15, 0.2) is 0 Å². The van der Waals surface area contributed by atoms with E-state index in [0.717, 1.165) is 38.5 Å². The molecule has 0 unspecified atom stereocenters. The summed E-state index contributed by atoms with van der Waals surface area (Å²) in [4.78, 5) is 42.8. The summed E-state index contributed by atoms with van der Waals surface area (Å²) in [7, 11) is 0. The molecular formula is C46H88O8Ti. The SMILES string of the molecule is CC(C)[O][Ti+2][O]C(C)C.CCCCCCCCCCCCCCCCCC(=O)CC(=O)[O-].CCCCCCCCCCCCCCCCCC(=O)CC(=O)[O-]. The van der Waals surface area contributed by atoms with Gasteiger partial charge in [-0.2, -0.15) is 0 Å². The number of unbranched alkanes of at least 4 members (excludes halogenated alkanes) is 28. The second-order valence-corrected chi connectivity index (χ2v) is 17.0. The molecule has 0 fully saturated rings. The van der Waals surface area contributed by atoms with Gasteiger partial charge >= 0.3 is 66.5 Å². The first-order chi connectivity index (χ1) is 26.5. The molecule has 9 heteroatoms. The zero-order valence-electron chi connectivity index (χ0n) is 37.0. The summed E-state index contributed by atoms with van der Waals surface area (Å²) in [5.74, 6) is -2.90. The van der Waals surface area contributed by atoms with Crippen LogP contribution in [0.25, 0.3) is 0 Å². The minimum Gasteiger partial charge on any atom is -0.550 e. The Morgan fingerprint density at radius 3 is 0.764 bits per heavy atom. The summed E-state index contributed by atoms with van der Waals surface area (Å²) in [6, 6.07) is 0. The van der Waals surface area contributed by atoms with Gasteiger partial charge in [-0.3, -0.25) is 9.59 Å². The Balaban J connectivity index is -0.000000805. The van der Waals surface area contributed by atoms with Crippen molar-refractivity contribution >= 4 is 23.5 Å². The van der Waals surface area contributed by atoms with Crippen LogP contribution in [0.3, 0.4) is 0 Å². The number of hydrogen-bond donors (Lipinski definition) is 0. The average Bonchev–Trinajstić information content (AvgIpc) is 3.11. The van der Waals surface area contributed by atoms with Crippen molar-refractivity contribution in [1.82, 2.24) is 0 Å². The number of Topliss-reactive ketones (excluding diaryl/α,β-unsaturated/α-hetero) is 2. The van der Waals surface area contributed by atoms with Crippen molar-refractivity contribution in [2.75, 3.05) is 0 Å². The Hall–Kier alpha value is -1.09. The largest absolute Gasteiger partial charge is 0.550 e. The third kappa shape index (κ3) is 62.3. The molecule has 0 radical (unpaired) electrons. The number of rotatable bonds is 40. The molecule has 8 nitrogen and oxygen atoms in total. The molecular weight excluding hydrogens is 728 g/mol. The summed E-state index contributed by atoms with van der Waals surface area (Å²) in [5.41, 5.74) is 0. The maximum absolute atomic E-state index is 11.2. The van der Waals surface area contributed by atoms with Crippen LogP contribution in [0.1, 0.15) is 260 Å². The molecule has 0 aliphatic carbocycles. The van der Waals surface area contributed by atoms with Crippen molar-refractivity contribution in [2.45, 2.75) is 272 Å². The fourth-order valence-electron chi connectivity index (χ4n) is 6.11. The van der Waals surface area contributed by atoms with Crippen molar-refractivity contribution in [2.24, 2.45) is 0 Å². The molecule has 55 heavy (non-hydrogen) atoms. The summed E-state index contributed by atoms with van der Waals surface area (Å²) < 4.78 is 10.5. The fourth-order valence-corrected chi connectivity index (χ4v) is 6.79. The zero-order chi connectivity index (χ0) is 41.6. The summed E-state index contributed by atoms with van der Waals surface area (Å²) in [5, 5.41) is 20.5. The normalized spacial score (nSPS) is 10.8. The van der Waals surface area contributed by atoms with Gasteiger partial charge in [-0.15, -0.1) is 0 Å². The Kier molecular flexibility index (Phi) is 51.9. The third-order valence-electron chi connectivity index (χ3n) is 9.37. The molecule has 0 aliphatic heterocycles. The van der Waals surface area contributed by atoms with E-state index in [2.05, 4.69) is 13.8 Å². The van der Waals surface area contributed by atoms with Crippen LogP contribution in [0.4, 0.5) is 0 Å². The third-order valence-corrected chi connectivity index (χ3v) is 11.1. The Labute approximate surface area is 350 Å². The van der Waals surface area contributed by atoms with E-state index in [4.69, 9.17) is 6.64 Å². The van der Waals surface area contributed by atoms with Gasteiger partial charge < -0.3 is 19.8 Å². The molecule has 0 spiro atoms. The Bertz CT molecular complexity index is 767. The number of carboxylic acids is 2. The van der Waals surface area contributed by atoms with Gasteiger partial charge in [0.2, 0.25) is 0 Å². The molecule has 0 aliphatic rings. The monoisotopic (exact) mass is 817 g/mol. The molecule has 0 atom stereocenters. The van der Waals surface area contributed by atoms with Crippen molar-refractivity contribution in [3.63, 3.8) is 0 Å². The number of carbonyl (C=O) groups excluding carboxylic acids is 4. The van der Waals surface area contributed by atoms with E-state index in [0.29, 0.717) is 25.0 Å². The molecule has 0 heterocycles. The van der Waals surface area contributed by atoms with Crippen LogP contribution in [-0.2, 0) is 45.7 Å². The molecule has 324 valence electrons. The first-order valence-electron chi connectivity index (χ1n) is 22.9. The summed E-state index contributed by atoms with van der Waals surface area (Å²) in [6.45, 7) is 12.6. The van der Waals surface area contributed by atoms with Crippen LogP contribution in [0.2, 0.25) is 0 Å². The number of ketones is 2. The van der Waals surface area contributed by atoms with E-state index in [1.165, 1.54) is 154 Å². The van der Waals surface area contributed by atoms with Gasteiger partial charge in [0.25, 0.3) is 0 Å². The summed E-state index contributed by atoms with van der Waals surface area (Å²) >= 11 is -0.574. The van der Waals surface area contributed by atoms with E-state index < -0.39 is 44.7 Å². The predicted octanol–water partition coefficient (Wildman–Crippen LogP) is 11.7. The molecule has 0 aromatic rings. The topological polar surface area (TPSA) is 133 Å². The Morgan fingerprint density at radius 1 is 0.382 bits per heavy atom. The second kappa shape index (κ2) is 49.1. The van der Waals surface area contributed by atoms with Gasteiger partial charge in [-0.1, -0.05) is 194 Å². The van der Waals surface area contributed by atoms with Crippen molar-refractivity contribution in [3.8, 4) is 0 Å². The van der Waals surface area contributed by atoms with E-state index in [-0.39, 0.29) is 11.6 Å². The Morgan fingerprint density at radius 2 is 0.582 bits per heavy atom. The average molecular weight is 817 g/mol. The van der Waals surface area contributed by atoms with Crippen molar-refractivity contribution in [3.05, 3.63) is 0 Å². The maximum Gasteiger partial charge on any atom is 0.138 e. The van der Waals surface area contributed by atoms with Crippen LogP contribution in [0.15, 0.2) is 0 Å². The smallest absolute Gasteiger partial charge is 0.138 e. The quantitative estimate of drug-likeness (QED) is 0.0339. The fraction of sp³-hybridized carbons (Fsp3) is 0.913. The van der Waals surface area contributed by atoms with E-state index in [9.17, 15) is 29.4 Å². The van der Waals surface area contributed by atoms with Gasteiger partial charge in [0, 0.05) is 37.6 Å². The molecule has 0 bridgehead atoms. The second-order valence-electron chi connectivity index (χ2n) is 16.0. The minimum absolute atomic E-state index is 0.195. The first-order valence-corrected chi connectivity index (χ1v) is 24.2. The van der Waals surface area contributed by atoms with Crippen LogP contribution >= 0.6 is 0 Å². The standard InChI is InChI=1S/2C20H38O3.2C3H7O.Ti/c2*1-2-3-4-5-6-7-8-9-10-11-12-13-14-15-16-17-19(21)18-20(22)23;2*1-3(2)4;/h2*2-18H2,1H3,(H,22,23);2*3H,1-2H3;/q;;2*-1;+4/p-2. The van der Waals surface area contributed by atoms with Crippen LogP contribution in [-0.4, -0.2) is 35.7 Å². The van der Waals surface area contributed by atoms with Crippen LogP contribution in [0.5, 0.6) is 0 Å². The van der Waals surface area contributed by atoms with Crippen molar-refractivity contribution in [1.29, 1.82) is 0 Å². The molecule has 0 amide bonds. The molecule has 0 N–H and O–H groups in total. The predicted molar refractivity (Wildman–Crippen MR) is 221 cm³/mol. The zero-order valence-corrected chi connectivity index (χ0v) is 38.5. The summed E-state index contributed by atoms with van der Waals surface area (Å²) in [6.07, 6.45) is 39.4. The number of carboxylic acid groups (broad SMARTS) is 2. The van der Waals surface area contributed by atoms with E-state index in [1.807, 2.05) is 27.7 Å². The number of hydrogen-bond acceptors (Lipinski definition) is 8.